The van der Waals surface area contributed by atoms with Crippen LogP contribution in [0.2, 0.25) is 0 Å². The number of amides is 6. The van der Waals surface area contributed by atoms with E-state index in [1.54, 1.807) is 0 Å². The summed E-state index contributed by atoms with van der Waals surface area (Å²) in [7, 11) is 0. The number of benzene rings is 1. The summed E-state index contributed by atoms with van der Waals surface area (Å²) >= 11 is 0. The third kappa shape index (κ3) is 8.38. The second kappa shape index (κ2) is 17.3. The summed E-state index contributed by atoms with van der Waals surface area (Å²) in [4.78, 5) is 100. The van der Waals surface area contributed by atoms with Crippen LogP contribution >= 0.6 is 0 Å². The Bertz CT molecular complexity index is 1590. The van der Waals surface area contributed by atoms with Crippen LogP contribution in [0.3, 0.4) is 0 Å². The Morgan fingerprint density at radius 1 is 0.685 bits per heavy atom. The van der Waals surface area contributed by atoms with Crippen LogP contribution in [0.1, 0.15) is 76.7 Å². The summed E-state index contributed by atoms with van der Waals surface area (Å²) in [6.07, 6.45) is 3.97. The highest BCUT2D eigenvalue weighted by atomic mass is 16.4. The first kappa shape index (κ1) is 39.1. The molecule has 0 aromatic heterocycles. The number of hydrogen-bond donors (Lipinski definition) is 5. The van der Waals surface area contributed by atoms with Gasteiger partial charge in [0, 0.05) is 32.6 Å². The second-order valence-electron chi connectivity index (χ2n) is 15.2. The smallest absolute Gasteiger partial charge is 0.326 e. The summed E-state index contributed by atoms with van der Waals surface area (Å²) < 4.78 is 0. The lowest BCUT2D eigenvalue weighted by molar-refractivity contribution is -0.153. The average molecular weight is 752 g/mol. The standard InChI is InChI=1S/C38H53N7O9/c1-23(46)31(37(52)44-20-8-15-29(44)36(51)45-21-9-16-30(45)38(53)54)41-33(48)27-13-6-18-42(27)35(50)28-14-7-19-43(28)34(49)26(22-24-10-3-2-4-11-24)40-32(47)25-12-5-17-39-25/h2-4,10-11,23,25-31,39,46H,5-9,12-22H2,1H3,(H,40,47)(H,41,48)(H,53,54)/t23-,25+,26+,27+,28+,29+,30+,31+/m1/s1. The van der Waals surface area contributed by atoms with E-state index in [-0.39, 0.29) is 49.8 Å². The molecule has 8 atom stereocenters. The van der Waals surface area contributed by atoms with Crippen LogP contribution in [-0.2, 0) is 40.0 Å². The molecule has 1 aromatic carbocycles. The number of carbonyl (C=O) groups is 7. The summed E-state index contributed by atoms with van der Waals surface area (Å²) in [5, 5.41) is 29.1. The number of rotatable bonds is 12. The zero-order chi connectivity index (χ0) is 38.5. The second-order valence-corrected chi connectivity index (χ2v) is 15.2. The predicted molar refractivity (Wildman–Crippen MR) is 193 cm³/mol. The van der Waals surface area contributed by atoms with E-state index in [0.717, 1.165) is 18.5 Å². The Morgan fingerprint density at radius 2 is 1.22 bits per heavy atom. The van der Waals surface area contributed by atoms with Crippen molar-refractivity contribution in [3.63, 3.8) is 0 Å². The van der Waals surface area contributed by atoms with Gasteiger partial charge in [-0.05, 0) is 83.2 Å². The fourth-order valence-electron chi connectivity index (χ4n) is 8.80. The molecular weight excluding hydrogens is 698 g/mol. The van der Waals surface area contributed by atoms with Crippen molar-refractivity contribution in [3.05, 3.63) is 35.9 Å². The number of likely N-dealkylation sites (tertiary alicyclic amines) is 4. The molecule has 5 fully saturated rings. The highest BCUT2D eigenvalue weighted by Gasteiger charge is 2.47. The number of aliphatic hydroxyl groups is 1. The molecule has 294 valence electrons. The minimum atomic E-state index is -1.40. The first-order valence-corrected chi connectivity index (χ1v) is 19.5. The largest absolute Gasteiger partial charge is 0.480 e. The summed E-state index contributed by atoms with van der Waals surface area (Å²) in [5.41, 5.74) is 0.862. The van der Waals surface area contributed by atoms with E-state index >= 15 is 0 Å². The Hall–Kier alpha value is -4.57. The summed E-state index contributed by atoms with van der Waals surface area (Å²) in [5.74, 6) is -3.83. The van der Waals surface area contributed by atoms with Crippen molar-refractivity contribution in [1.82, 2.24) is 35.6 Å². The fraction of sp³-hybridized carbons (Fsp3) is 0.658. The Kier molecular flexibility index (Phi) is 12.5. The molecule has 0 unspecified atom stereocenters. The third-order valence-corrected chi connectivity index (χ3v) is 11.6. The van der Waals surface area contributed by atoms with Crippen LogP contribution in [0.25, 0.3) is 0 Å². The molecular formula is C38H53N7O9. The molecule has 16 heteroatoms. The molecule has 5 N–H and O–H groups in total. The van der Waals surface area contributed by atoms with Crippen LogP contribution in [0, 0.1) is 0 Å². The van der Waals surface area contributed by atoms with E-state index < -0.39 is 66.0 Å². The minimum Gasteiger partial charge on any atom is -0.480 e. The number of aliphatic hydroxyl groups excluding tert-OH is 1. The van der Waals surface area contributed by atoms with Gasteiger partial charge in [0.05, 0.1) is 12.1 Å². The molecule has 1 aromatic rings. The van der Waals surface area contributed by atoms with Gasteiger partial charge in [-0.2, -0.15) is 0 Å². The lowest BCUT2D eigenvalue weighted by atomic mass is 10.0. The van der Waals surface area contributed by atoms with Gasteiger partial charge in [0.2, 0.25) is 35.4 Å². The number of nitrogens with zero attached hydrogens (tertiary/aromatic N) is 4. The molecule has 0 radical (unpaired) electrons. The monoisotopic (exact) mass is 751 g/mol. The van der Waals surface area contributed by atoms with Gasteiger partial charge in [0.25, 0.3) is 0 Å². The molecule has 5 aliphatic rings. The molecule has 5 heterocycles. The maximum Gasteiger partial charge on any atom is 0.326 e. The normalized spacial score (nSPS) is 27.1. The number of nitrogens with one attached hydrogen (secondary N) is 3. The van der Waals surface area contributed by atoms with Gasteiger partial charge >= 0.3 is 5.97 Å². The van der Waals surface area contributed by atoms with Crippen LogP contribution < -0.4 is 16.0 Å². The number of carboxylic acid groups (broad SMARTS) is 1. The lowest BCUT2D eigenvalue weighted by Crippen LogP contribution is -2.61. The van der Waals surface area contributed by atoms with Crippen molar-refractivity contribution in [2.75, 3.05) is 32.7 Å². The van der Waals surface area contributed by atoms with Crippen molar-refractivity contribution < 1.29 is 43.8 Å². The van der Waals surface area contributed by atoms with Gasteiger partial charge in [0.1, 0.15) is 36.3 Å². The molecule has 0 bridgehead atoms. The maximum absolute atomic E-state index is 14.2. The molecule has 5 aliphatic heterocycles. The summed E-state index contributed by atoms with van der Waals surface area (Å²) in [6.45, 7) is 3.17. The van der Waals surface area contributed by atoms with Gasteiger partial charge in [-0.15, -0.1) is 0 Å². The van der Waals surface area contributed by atoms with Gasteiger partial charge in [0.15, 0.2) is 0 Å². The first-order chi connectivity index (χ1) is 26.0. The highest BCUT2D eigenvalue weighted by Crippen LogP contribution is 2.28. The van der Waals surface area contributed by atoms with Crippen molar-refractivity contribution in [3.8, 4) is 0 Å². The van der Waals surface area contributed by atoms with Crippen LogP contribution in [0.5, 0.6) is 0 Å². The maximum atomic E-state index is 14.2. The predicted octanol–water partition coefficient (Wildman–Crippen LogP) is -0.620. The lowest BCUT2D eigenvalue weighted by Gasteiger charge is -2.35. The Morgan fingerprint density at radius 3 is 1.78 bits per heavy atom. The van der Waals surface area contributed by atoms with E-state index in [1.807, 2.05) is 30.3 Å². The van der Waals surface area contributed by atoms with Crippen molar-refractivity contribution in [2.45, 2.75) is 126 Å². The van der Waals surface area contributed by atoms with Crippen LogP contribution in [-0.4, -0.2) is 152 Å². The summed E-state index contributed by atoms with van der Waals surface area (Å²) in [6, 6.07) is 3.03. The van der Waals surface area contributed by atoms with Gasteiger partial charge in [-0.25, -0.2) is 4.79 Å². The van der Waals surface area contributed by atoms with Crippen molar-refractivity contribution in [1.29, 1.82) is 0 Å². The van der Waals surface area contributed by atoms with E-state index in [0.29, 0.717) is 64.3 Å². The molecule has 54 heavy (non-hydrogen) atoms. The number of carboxylic acids is 1. The zero-order valence-electron chi connectivity index (χ0n) is 30.9. The Balaban J connectivity index is 1.13. The van der Waals surface area contributed by atoms with Gasteiger partial charge < -0.3 is 45.8 Å². The topological polar surface area (TPSA) is 209 Å². The van der Waals surface area contributed by atoms with E-state index in [4.69, 9.17) is 0 Å². The van der Waals surface area contributed by atoms with E-state index in [1.165, 1.54) is 26.5 Å². The molecule has 5 saturated heterocycles. The average Bonchev–Trinajstić information content (AvgIpc) is 4.01. The third-order valence-electron chi connectivity index (χ3n) is 11.6. The van der Waals surface area contributed by atoms with Crippen molar-refractivity contribution in [2.24, 2.45) is 0 Å². The van der Waals surface area contributed by atoms with E-state index in [2.05, 4.69) is 16.0 Å². The molecule has 0 aliphatic carbocycles. The number of carbonyl (C=O) groups excluding carboxylic acids is 6. The molecule has 6 rings (SSSR count). The fourth-order valence-corrected chi connectivity index (χ4v) is 8.80. The minimum absolute atomic E-state index is 0.211. The molecule has 0 spiro atoms. The SMILES string of the molecule is C[C@@H](O)[C@H](NC(=O)[C@@H]1CCCN1C(=O)[C@@H]1CCCN1C(=O)[C@H](Cc1ccccc1)NC(=O)[C@@H]1CCCN1)C(=O)N1CCC[C@H]1C(=O)N1CCC[C@H]1C(=O)O. The molecule has 0 saturated carbocycles. The number of hydrogen-bond acceptors (Lipinski definition) is 9. The van der Waals surface area contributed by atoms with Crippen molar-refractivity contribution >= 4 is 41.4 Å². The first-order valence-electron chi connectivity index (χ1n) is 19.5. The van der Waals surface area contributed by atoms with Gasteiger partial charge in [-0.3, -0.25) is 28.8 Å². The highest BCUT2D eigenvalue weighted by molar-refractivity contribution is 5.98. The Labute approximate surface area is 314 Å². The van der Waals surface area contributed by atoms with E-state index in [9.17, 15) is 43.8 Å². The molecule has 6 amide bonds. The molecule has 16 nitrogen and oxygen atoms in total. The van der Waals surface area contributed by atoms with Crippen LogP contribution in [0.4, 0.5) is 0 Å². The zero-order valence-corrected chi connectivity index (χ0v) is 30.9. The van der Waals surface area contributed by atoms with Gasteiger partial charge in [-0.1, -0.05) is 30.3 Å². The quantitative estimate of drug-likeness (QED) is 0.183. The van der Waals surface area contributed by atoms with Crippen LogP contribution in [0.15, 0.2) is 30.3 Å². The number of aliphatic carboxylic acids is 1.